The first-order chi connectivity index (χ1) is 20.5. The van der Waals surface area contributed by atoms with Crippen LogP contribution >= 0.6 is 0 Å². The number of hydrogen-bond acceptors (Lipinski definition) is 7. The Balaban J connectivity index is 1.17. The predicted octanol–water partition coefficient (Wildman–Crippen LogP) is 4.53. The van der Waals surface area contributed by atoms with Gasteiger partial charge in [-0.15, -0.1) is 0 Å². The van der Waals surface area contributed by atoms with E-state index >= 15 is 0 Å². The van der Waals surface area contributed by atoms with Crippen LogP contribution in [0.15, 0.2) is 27.6 Å². The van der Waals surface area contributed by atoms with Crippen LogP contribution in [-0.4, -0.2) is 77.9 Å². The van der Waals surface area contributed by atoms with Crippen LogP contribution in [-0.2, 0) is 9.53 Å². The molecular formula is C34H51N3O6. The number of urea groups is 1. The van der Waals surface area contributed by atoms with Gasteiger partial charge < -0.3 is 29.4 Å². The lowest BCUT2D eigenvalue weighted by molar-refractivity contribution is -0.203. The summed E-state index contributed by atoms with van der Waals surface area (Å²) in [7, 11) is 1.96. The lowest BCUT2D eigenvalue weighted by atomic mass is 9.43. The third-order valence-electron chi connectivity index (χ3n) is 13.0. The van der Waals surface area contributed by atoms with E-state index in [1.165, 1.54) is 32.1 Å². The van der Waals surface area contributed by atoms with Gasteiger partial charge in [0, 0.05) is 56.9 Å². The monoisotopic (exact) mass is 597 g/mol. The molecule has 9 heteroatoms. The van der Waals surface area contributed by atoms with Crippen molar-refractivity contribution in [3.05, 3.63) is 34.4 Å². The van der Waals surface area contributed by atoms with E-state index in [2.05, 4.69) is 24.1 Å². The molecule has 0 bridgehead atoms. The summed E-state index contributed by atoms with van der Waals surface area (Å²) >= 11 is 0. The van der Waals surface area contributed by atoms with Crippen LogP contribution < -0.4 is 10.9 Å². The van der Waals surface area contributed by atoms with Gasteiger partial charge in [-0.3, -0.25) is 4.79 Å². The van der Waals surface area contributed by atoms with Crippen molar-refractivity contribution in [2.75, 3.05) is 33.2 Å². The Labute approximate surface area is 255 Å². The fourth-order valence-corrected chi connectivity index (χ4v) is 10.6. The predicted molar refractivity (Wildman–Crippen MR) is 162 cm³/mol. The molecule has 9 atom stereocenters. The maximum Gasteiger partial charge on any atom is 0.335 e. The van der Waals surface area contributed by atoms with E-state index in [0.29, 0.717) is 24.8 Å². The molecule has 4 aliphatic carbocycles. The van der Waals surface area contributed by atoms with Crippen LogP contribution in [0.25, 0.3) is 0 Å². The molecule has 0 spiro atoms. The molecule has 9 unspecified atom stereocenters. The van der Waals surface area contributed by atoms with E-state index in [1.807, 2.05) is 11.9 Å². The number of fused-ring (bicyclic) bond motifs is 5. The Morgan fingerprint density at radius 2 is 1.88 bits per heavy atom. The molecule has 2 N–H and O–H groups in total. The van der Waals surface area contributed by atoms with Gasteiger partial charge in [-0.2, -0.15) is 0 Å². The van der Waals surface area contributed by atoms with E-state index in [-0.39, 0.29) is 35.3 Å². The zero-order chi connectivity index (χ0) is 30.6. The summed E-state index contributed by atoms with van der Waals surface area (Å²) in [4.78, 5) is 41.4. The topological polar surface area (TPSA) is 112 Å². The van der Waals surface area contributed by atoms with Crippen LogP contribution in [0.1, 0.15) is 96.5 Å². The quantitative estimate of drug-likeness (QED) is 0.464. The van der Waals surface area contributed by atoms with Gasteiger partial charge in [0.05, 0.1) is 11.9 Å². The third-order valence-corrected chi connectivity index (χ3v) is 13.0. The fraction of sp³-hybridized carbons (Fsp3) is 0.794. The molecule has 1 aromatic heterocycles. The number of esters is 1. The van der Waals surface area contributed by atoms with Crippen LogP contribution in [0.2, 0.25) is 0 Å². The summed E-state index contributed by atoms with van der Waals surface area (Å²) < 4.78 is 11.2. The van der Waals surface area contributed by atoms with Crippen LogP contribution in [0.4, 0.5) is 4.79 Å². The van der Waals surface area contributed by atoms with Crippen LogP contribution in [0.3, 0.4) is 0 Å². The van der Waals surface area contributed by atoms with Gasteiger partial charge in [-0.1, -0.05) is 13.8 Å². The van der Waals surface area contributed by atoms with Gasteiger partial charge in [0.25, 0.3) is 0 Å². The van der Waals surface area contributed by atoms with E-state index in [9.17, 15) is 19.5 Å². The first-order valence-electron chi connectivity index (χ1n) is 16.7. The first-order valence-corrected chi connectivity index (χ1v) is 16.7. The number of carbonyl (C=O) groups is 2. The van der Waals surface area contributed by atoms with Crippen LogP contribution in [0, 0.1) is 28.6 Å². The molecular weight excluding hydrogens is 546 g/mol. The highest BCUT2D eigenvalue weighted by Gasteiger charge is 2.70. The second-order valence-electron chi connectivity index (χ2n) is 14.9. The van der Waals surface area contributed by atoms with Crippen molar-refractivity contribution >= 4 is 12.0 Å². The normalized spacial score (nSPS) is 40.7. The molecule has 0 aromatic carbocycles. The molecule has 6 rings (SSSR count). The summed E-state index contributed by atoms with van der Waals surface area (Å²) in [5.74, 6) is 0.383. The molecule has 1 aliphatic heterocycles. The van der Waals surface area contributed by atoms with Crippen molar-refractivity contribution in [2.45, 2.75) is 109 Å². The molecule has 4 saturated carbocycles. The second-order valence-corrected chi connectivity index (χ2v) is 14.9. The van der Waals surface area contributed by atoms with Crippen molar-refractivity contribution in [2.24, 2.45) is 28.6 Å². The van der Waals surface area contributed by atoms with Crippen molar-refractivity contribution in [1.29, 1.82) is 0 Å². The lowest BCUT2D eigenvalue weighted by Gasteiger charge is -2.63. The standard InChI is InChI=1S/C34H51N3O6/c1-22(38)43-28-20-34(41)27-9-8-24-19-25(36(4)31(40)35-15-18-37-16-5-6-17-37)11-13-32(24,2)26(27)12-14-33(34,3)30(28)23-7-10-29(39)42-21-23/h7,10,21,24-28,30,41H,5-6,8-9,11-20H2,1-4H3,(H,35,40). The van der Waals surface area contributed by atoms with E-state index in [4.69, 9.17) is 9.15 Å². The average molecular weight is 598 g/mol. The second kappa shape index (κ2) is 11.5. The Morgan fingerprint density at radius 1 is 1.12 bits per heavy atom. The summed E-state index contributed by atoms with van der Waals surface area (Å²) in [5.41, 5.74) is -1.01. The highest BCUT2D eigenvalue weighted by atomic mass is 16.5. The Kier molecular flexibility index (Phi) is 8.20. The average Bonchev–Trinajstić information content (AvgIpc) is 3.56. The minimum Gasteiger partial charge on any atom is -0.462 e. The smallest absolute Gasteiger partial charge is 0.335 e. The lowest BCUT2D eigenvalue weighted by Crippen LogP contribution is -2.62. The van der Waals surface area contributed by atoms with Gasteiger partial charge in [0.2, 0.25) is 0 Å². The summed E-state index contributed by atoms with van der Waals surface area (Å²) in [6, 6.07) is 3.46. The molecule has 2 heterocycles. The number of rotatable bonds is 6. The van der Waals surface area contributed by atoms with Gasteiger partial charge in [0.15, 0.2) is 0 Å². The number of carbonyl (C=O) groups excluding carboxylic acids is 2. The van der Waals surface area contributed by atoms with Crippen molar-refractivity contribution in [3.63, 3.8) is 0 Å². The largest absolute Gasteiger partial charge is 0.462 e. The summed E-state index contributed by atoms with van der Waals surface area (Å²) in [5, 5.41) is 15.9. The highest BCUT2D eigenvalue weighted by Crippen LogP contribution is 2.71. The maximum absolute atomic E-state index is 13.1. The highest BCUT2D eigenvalue weighted by molar-refractivity contribution is 5.74. The molecule has 43 heavy (non-hydrogen) atoms. The van der Waals surface area contributed by atoms with Crippen LogP contribution in [0.5, 0.6) is 0 Å². The Hall–Kier alpha value is -2.39. The first kappa shape index (κ1) is 30.6. The number of hydrogen-bond donors (Lipinski definition) is 2. The minimum atomic E-state index is -0.992. The molecule has 9 nitrogen and oxygen atoms in total. The van der Waals surface area contributed by atoms with Gasteiger partial charge in [-0.05, 0) is 106 Å². The molecule has 0 radical (unpaired) electrons. The number of ether oxygens (including phenoxy) is 1. The number of likely N-dealkylation sites (tertiary alicyclic amines) is 1. The summed E-state index contributed by atoms with van der Waals surface area (Å²) in [6.45, 7) is 9.92. The van der Waals surface area contributed by atoms with Gasteiger partial charge in [0.1, 0.15) is 6.10 Å². The molecule has 2 amide bonds. The molecule has 5 fully saturated rings. The Bertz CT molecular complexity index is 1240. The molecule has 1 saturated heterocycles. The third kappa shape index (κ3) is 5.22. The molecule has 238 valence electrons. The van der Waals surface area contributed by atoms with E-state index < -0.39 is 22.7 Å². The number of nitrogens with zero attached hydrogens (tertiary/aromatic N) is 2. The zero-order valence-electron chi connectivity index (χ0n) is 26.5. The van der Waals surface area contributed by atoms with Gasteiger partial charge >= 0.3 is 17.6 Å². The number of amides is 2. The van der Waals surface area contributed by atoms with E-state index in [0.717, 1.165) is 70.1 Å². The van der Waals surface area contributed by atoms with Crippen molar-refractivity contribution < 1.29 is 23.8 Å². The van der Waals surface area contributed by atoms with E-state index in [1.54, 1.807) is 6.07 Å². The van der Waals surface area contributed by atoms with Crippen molar-refractivity contribution in [1.82, 2.24) is 15.1 Å². The number of nitrogens with one attached hydrogen (secondary N) is 1. The fourth-order valence-electron chi connectivity index (χ4n) is 10.6. The molecule has 1 aromatic rings. The minimum absolute atomic E-state index is 0.0366. The Morgan fingerprint density at radius 3 is 2.58 bits per heavy atom. The SMILES string of the molecule is CC(=O)OC1CC2(O)C3CCC4CC(N(C)C(=O)NCCN5CCCC5)CCC4(C)C3CCC2(C)C1c1ccc(=O)oc1. The number of aliphatic hydroxyl groups is 1. The van der Waals surface area contributed by atoms with Crippen molar-refractivity contribution in [3.8, 4) is 0 Å². The zero-order valence-corrected chi connectivity index (χ0v) is 26.5. The van der Waals surface area contributed by atoms with Gasteiger partial charge in [-0.25, -0.2) is 9.59 Å². The maximum atomic E-state index is 13.1. The molecule has 5 aliphatic rings. The summed E-state index contributed by atoms with van der Waals surface area (Å²) in [6.07, 6.45) is 10.7.